The Hall–Kier alpha value is 1.35. The highest BCUT2D eigenvalue weighted by Gasteiger charge is 2.04. The molecule has 0 aliphatic carbocycles. The maximum absolute atomic E-state index is 2.30. The summed E-state index contributed by atoms with van der Waals surface area (Å²) >= 11 is 0. The Labute approximate surface area is 185 Å². The van der Waals surface area contributed by atoms with Gasteiger partial charge in [0, 0.05) is 0 Å². The van der Waals surface area contributed by atoms with Crippen LogP contribution in [-0.2, 0) is 0 Å². The second-order valence-electron chi connectivity index (χ2n) is 8.32. The molecule has 0 aromatic carbocycles. The summed E-state index contributed by atoms with van der Waals surface area (Å²) in [6.45, 7) is 3.63. The van der Waals surface area contributed by atoms with Gasteiger partial charge in [-0.25, -0.2) is 0 Å². The van der Waals surface area contributed by atoms with E-state index in [0.29, 0.717) is 0 Å². The fourth-order valence-electron chi connectivity index (χ4n) is 3.13. The van der Waals surface area contributed by atoms with Crippen LogP contribution < -0.4 is 17.0 Å². The van der Waals surface area contributed by atoms with Gasteiger partial charge in [-0.05, 0) is 12.8 Å². The van der Waals surface area contributed by atoms with Crippen molar-refractivity contribution in [2.24, 2.45) is 0 Å². The molecule has 4 heteroatoms. The van der Waals surface area contributed by atoms with E-state index in [-0.39, 0.29) is 43.9 Å². The molecule has 158 valence electrons. The number of hydrogen-bond donors (Lipinski definition) is 0. The third kappa shape index (κ3) is 33.4. The first-order valence-corrected chi connectivity index (χ1v) is 10.4. The summed E-state index contributed by atoms with van der Waals surface area (Å²) in [6.07, 6.45) is 23.4. The monoisotopic (exact) mass is 505 g/mol. The van der Waals surface area contributed by atoms with E-state index >= 15 is 0 Å². The molecule has 0 aliphatic rings. The molecule has 0 heterocycles. The normalized spacial score (nSPS) is 10.6. The fourth-order valence-corrected chi connectivity index (χ4v) is 3.13. The van der Waals surface area contributed by atoms with Gasteiger partial charge in [-0.3, -0.25) is 0 Å². The largest absolute Gasteiger partial charge is 1.00 e. The van der Waals surface area contributed by atoms with Crippen molar-refractivity contribution in [1.29, 1.82) is 0 Å². The van der Waals surface area contributed by atoms with Crippen molar-refractivity contribution < 1.29 is 21.5 Å². The molecule has 0 amide bonds. The molecular weight excluding hydrogens is 457 g/mol. The Morgan fingerprint density at radius 1 is 0.480 bits per heavy atom. The van der Waals surface area contributed by atoms with Gasteiger partial charge in [-0.2, -0.15) is 9.90 Å². The molecule has 1 unspecified atom stereocenters. The lowest BCUT2D eigenvalue weighted by Crippen LogP contribution is -3.00. The van der Waals surface area contributed by atoms with Crippen LogP contribution in [0.4, 0.5) is 0 Å². The summed E-state index contributed by atoms with van der Waals surface area (Å²) in [7, 11) is 6.89. The maximum Gasteiger partial charge on any atom is 0.0780 e. The molecule has 0 rings (SSSR count). The van der Waals surface area contributed by atoms with E-state index < -0.39 is 0 Å². The van der Waals surface area contributed by atoms with Gasteiger partial charge in [0.25, 0.3) is 0 Å². The van der Waals surface area contributed by atoms with Crippen LogP contribution in [-0.4, -0.2) is 32.2 Å². The smallest absolute Gasteiger partial charge is 0.0780 e. The predicted octanol–water partition coefficient (Wildman–Crippen LogP) is 4.59. The molecule has 0 aliphatic heterocycles. The maximum atomic E-state index is 2.30. The highest BCUT2D eigenvalue weighted by Crippen LogP contribution is 2.13. The number of quaternary nitrogens is 1. The molecule has 1 nitrogen and oxygen atoms in total. The van der Waals surface area contributed by atoms with Gasteiger partial charge in [-0.15, -0.1) is 17.0 Å². The standard InChI is InChI=1S/C21H46N.2BrH.H3P/c1-5-6-7-8-9-10-11-12-13-14-15-16-17-18-19-20-21-22(2,3)4;;;/h5-21H2,1-4H3;2*1H;1H3/q+1;;;/p-1. The minimum Gasteiger partial charge on any atom is -1.00 e. The van der Waals surface area contributed by atoms with Crippen molar-refractivity contribution in [1.82, 2.24) is 0 Å². The van der Waals surface area contributed by atoms with Gasteiger partial charge < -0.3 is 21.5 Å². The molecule has 0 bridgehead atoms. The van der Waals surface area contributed by atoms with E-state index in [1.54, 1.807) is 0 Å². The number of hydrogen-bond acceptors (Lipinski definition) is 0. The summed E-state index contributed by atoms with van der Waals surface area (Å²) in [5.74, 6) is 0. The van der Waals surface area contributed by atoms with Crippen LogP contribution in [0, 0.1) is 0 Å². The first kappa shape index (κ1) is 33.9. The molecule has 0 saturated heterocycles. The van der Waals surface area contributed by atoms with Crippen LogP contribution in [0.25, 0.3) is 0 Å². The molecule has 1 atom stereocenters. The van der Waals surface area contributed by atoms with E-state index in [4.69, 9.17) is 0 Å². The third-order valence-electron chi connectivity index (χ3n) is 4.68. The van der Waals surface area contributed by atoms with Gasteiger partial charge in [0.1, 0.15) is 0 Å². The first-order valence-electron chi connectivity index (χ1n) is 10.4. The third-order valence-corrected chi connectivity index (χ3v) is 4.68. The van der Waals surface area contributed by atoms with Gasteiger partial charge >= 0.3 is 0 Å². The SMILES string of the molecule is Br.CCCCCCCCCCCCCCCCCC[N+](C)(C)C.P.[Br-]. The predicted molar refractivity (Wildman–Crippen MR) is 124 cm³/mol. The zero-order valence-corrected chi connectivity index (χ0v) is 22.7. The Kier molecular flexibility index (Phi) is 34.4. The summed E-state index contributed by atoms with van der Waals surface area (Å²) in [5, 5.41) is 0. The van der Waals surface area contributed by atoms with Crippen molar-refractivity contribution in [2.45, 2.75) is 110 Å². The molecule has 0 radical (unpaired) electrons. The Morgan fingerprint density at radius 3 is 0.960 bits per heavy atom. The highest BCUT2D eigenvalue weighted by atomic mass is 79.9. The quantitative estimate of drug-likeness (QED) is 0.154. The summed E-state index contributed by atoms with van der Waals surface area (Å²) in [4.78, 5) is 0. The van der Waals surface area contributed by atoms with Crippen LogP contribution in [0.15, 0.2) is 0 Å². The second kappa shape index (κ2) is 25.4. The van der Waals surface area contributed by atoms with Gasteiger partial charge in [0.15, 0.2) is 0 Å². The Morgan fingerprint density at radius 2 is 0.720 bits per heavy atom. The van der Waals surface area contributed by atoms with Gasteiger partial charge in [0.05, 0.1) is 27.7 Å². The molecule has 0 fully saturated rings. The van der Waals surface area contributed by atoms with E-state index in [1.165, 1.54) is 109 Å². The minimum absolute atomic E-state index is 0. The van der Waals surface area contributed by atoms with Crippen molar-refractivity contribution >= 4 is 26.9 Å². The lowest BCUT2D eigenvalue weighted by atomic mass is 10.0. The number of unbranched alkanes of at least 4 members (excludes halogenated alkanes) is 15. The van der Waals surface area contributed by atoms with Crippen LogP contribution in [0.5, 0.6) is 0 Å². The summed E-state index contributed by atoms with van der Waals surface area (Å²) < 4.78 is 1.12. The highest BCUT2D eigenvalue weighted by molar-refractivity contribution is 8.93. The van der Waals surface area contributed by atoms with Crippen molar-refractivity contribution in [2.75, 3.05) is 27.7 Å². The molecule has 25 heavy (non-hydrogen) atoms. The van der Waals surface area contributed by atoms with Crippen molar-refractivity contribution in [3.05, 3.63) is 0 Å². The fraction of sp³-hybridized carbons (Fsp3) is 1.00. The molecule has 0 spiro atoms. The Bertz CT molecular complexity index is 220. The molecule has 0 N–H and O–H groups in total. The molecule has 0 saturated carbocycles. The molecule has 0 aromatic rings. The first-order chi connectivity index (χ1) is 10.6. The average Bonchev–Trinajstić information content (AvgIpc) is 2.45. The van der Waals surface area contributed by atoms with E-state index in [0.717, 1.165) is 4.48 Å². The summed E-state index contributed by atoms with van der Waals surface area (Å²) in [6, 6.07) is 0. The van der Waals surface area contributed by atoms with E-state index in [1.807, 2.05) is 0 Å². The van der Waals surface area contributed by atoms with Crippen LogP contribution >= 0.6 is 26.9 Å². The zero-order chi connectivity index (χ0) is 16.5. The van der Waals surface area contributed by atoms with Crippen LogP contribution in [0.1, 0.15) is 110 Å². The van der Waals surface area contributed by atoms with Gasteiger partial charge in [-0.1, -0.05) is 96.8 Å². The van der Waals surface area contributed by atoms with Crippen LogP contribution in [0.2, 0.25) is 0 Å². The number of halogens is 2. The van der Waals surface area contributed by atoms with Crippen molar-refractivity contribution in [3.63, 3.8) is 0 Å². The van der Waals surface area contributed by atoms with Gasteiger partial charge in [0.2, 0.25) is 0 Å². The zero-order valence-electron chi connectivity index (χ0n) is 18.0. The Balaban J connectivity index is -0.000000735. The number of rotatable bonds is 17. The molecule has 0 aromatic heterocycles. The van der Waals surface area contributed by atoms with E-state index in [2.05, 4.69) is 28.1 Å². The lowest BCUT2D eigenvalue weighted by Gasteiger charge is -2.23. The second-order valence-corrected chi connectivity index (χ2v) is 8.32. The minimum atomic E-state index is 0. The topological polar surface area (TPSA) is 0 Å². The lowest BCUT2D eigenvalue weighted by molar-refractivity contribution is -0.870. The summed E-state index contributed by atoms with van der Waals surface area (Å²) in [5.41, 5.74) is 0. The van der Waals surface area contributed by atoms with E-state index in [9.17, 15) is 0 Å². The van der Waals surface area contributed by atoms with Crippen LogP contribution in [0.3, 0.4) is 0 Å². The molecular formula is C21H50Br2NP. The number of nitrogens with zero attached hydrogens (tertiary/aromatic N) is 1. The average molecular weight is 507 g/mol. The van der Waals surface area contributed by atoms with Crippen molar-refractivity contribution in [3.8, 4) is 0 Å².